The second kappa shape index (κ2) is 7.43. The number of alkyl halides is 1. The molecule has 0 aromatic heterocycles. The van der Waals surface area contributed by atoms with Crippen molar-refractivity contribution in [3.8, 4) is 0 Å². The van der Waals surface area contributed by atoms with Crippen molar-refractivity contribution in [2.75, 3.05) is 19.5 Å². The van der Waals surface area contributed by atoms with Gasteiger partial charge in [0.2, 0.25) is 0 Å². The molecule has 0 aliphatic carbocycles. The summed E-state index contributed by atoms with van der Waals surface area (Å²) in [5.74, 6) is -0.309. The summed E-state index contributed by atoms with van der Waals surface area (Å²) in [6.45, 7) is 0.521. The summed E-state index contributed by atoms with van der Waals surface area (Å²) in [7, 11) is 1.56. The maximum absolute atomic E-state index is 12.2. The summed E-state index contributed by atoms with van der Waals surface area (Å²) in [5, 5.41) is 0. The Labute approximate surface area is 128 Å². The van der Waals surface area contributed by atoms with Gasteiger partial charge < -0.3 is 9.47 Å². The fourth-order valence-electron chi connectivity index (χ4n) is 2.37. The molecule has 0 N–H and O–H groups in total. The van der Waals surface area contributed by atoms with Crippen LogP contribution in [0.15, 0.2) is 30.3 Å². The molecule has 5 nitrogen and oxygen atoms in total. The summed E-state index contributed by atoms with van der Waals surface area (Å²) < 4.78 is 10.5. The Kier molecular flexibility index (Phi) is 5.59. The summed E-state index contributed by atoms with van der Waals surface area (Å²) in [5.41, 5.74) is 0.897. The van der Waals surface area contributed by atoms with Crippen molar-refractivity contribution in [3.63, 3.8) is 0 Å². The van der Waals surface area contributed by atoms with Gasteiger partial charge in [-0.1, -0.05) is 30.3 Å². The van der Waals surface area contributed by atoms with Crippen molar-refractivity contribution < 1.29 is 19.1 Å². The Hall–Kier alpha value is -1.59. The van der Waals surface area contributed by atoms with E-state index in [9.17, 15) is 9.59 Å². The first kappa shape index (κ1) is 15.8. The average Bonchev–Trinajstić information content (AvgIpc) is 2.97. The largest absolute Gasteiger partial charge is 0.445 e. The van der Waals surface area contributed by atoms with Gasteiger partial charge in [0.25, 0.3) is 0 Å². The van der Waals surface area contributed by atoms with E-state index in [1.165, 1.54) is 4.90 Å². The number of methoxy groups -OCH3 is 1. The molecule has 0 spiro atoms. The second-order valence-corrected chi connectivity index (χ2v) is 5.17. The molecule has 21 heavy (non-hydrogen) atoms. The normalized spacial score (nSPS) is 21.3. The highest BCUT2D eigenvalue weighted by atomic mass is 35.5. The van der Waals surface area contributed by atoms with Crippen molar-refractivity contribution in [2.24, 2.45) is 0 Å². The minimum absolute atomic E-state index is 0.121. The highest BCUT2D eigenvalue weighted by Gasteiger charge is 2.40. The first-order valence-corrected chi connectivity index (χ1v) is 7.28. The molecule has 1 aromatic rings. The van der Waals surface area contributed by atoms with Crippen LogP contribution in [0.25, 0.3) is 0 Å². The van der Waals surface area contributed by atoms with E-state index >= 15 is 0 Å². The average molecular weight is 312 g/mol. The summed E-state index contributed by atoms with van der Waals surface area (Å²) in [4.78, 5) is 25.4. The van der Waals surface area contributed by atoms with Crippen molar-refractivity contribution >= 4 is 23.5 Å². The van der Waals surface area contributed by atoms with Crippen molar-refractivity contribution in [1.29, 1.82) is 0 Å². The third-order valence-electron chi connectivity index (χ3n) is 3.54. The van der Waals surface area contributed by atoms with Gasteiger partial charge in [0.1, 0.15) is 6.61 Å². The number of hydrogen-bond acceptors (Lipinski definition) is 4. The van der Waals surface area contributed by atoms with E-state index in [0.29, 0.717) is 13.0 Å². The van der Waals surface area contributed by atoms with Crippen LogP contribution in [-0.2, 0) is 20.9 Å². The van der Waals surface area contributed by atoms with Gasteiger partial charge in [-0.2, -0.15) is 0 Å². The van der Waals surface area contributed by atoms with Gasteiger partial charge >= 0.3 is 6.09 Å². The molecule has 6 heteroatoms. The van der Waals surface area contributed by atoms with Gasteiger partial charge in [0.15, 0.2) is 5.78 Å². The van der Waals surface area contributed by atoms with Crippen LogP contribution in [0.4, 0.5) is 4.79 Å². The van der Waals surface area contributed by atoms with Crippen molar-refractivity contribution in [1.82, 2.24) is 4.90 Å². The summed E-state index contributed by atoms with van der Waals surface area (Å²) in [6, 6.07) is 8.83. The Bertz CT molecular complexity index is 494. The number of Topliss-reactive ketones (excluding diaryl/α,β-unsaturated/α-hetero) is 1. The lowest BCUT2D eigenvalue weighted by molar-refractivity contribution is -0.120. The van der Waals surface area contributed by atoms with Crippen LogP contribution >= 0.6 is 11.6 Å². The van der Waals surface area contributed by atoms with Gasteiger partial charge in [0.05, 0.1) is 24.6 Å². The zero-order valence-electron chi connectivity index (χ0n) is 11.8. The summed E-state index contributed by atoms with van der Waals surface area (Å²) >= 11 is 5.60. The number of halogens is 1. The molecule has 2 rings (SSSR count). The molecule has 114 valence electrons. The number of amides is 1. The molecular formula is C15H18ClNO4. The number of likely N-dealkylation sites (tertiary alicyclic amines) is 1. The molecule has 2 unspecified atom stereocenters. The number of ether oxygens (including phenoxy) is 2. The van der Waals surface area contributed by atoms with Gasteiger partial charge in [-0.25, -0.2) is 4.79 Å². The maximum Gasteiger partial charge on any atom is 0.410 e. The number of carbonyl (C=O) groups is 2. The van der Waals surface area contributed by atoms with Crippen molar-refractivity contribution in [3.05, 3.63) is 35.9 Å². The number of hydrogen-bond donors (Lipinski definition) is 0. The molecule has 1 amide bonds. The highest BCUT2D eigenvalue weighted by Crippen LogP contribution is 2.22. The number of rotatable bonds is 5. The third-order valence-corrected chi connectivity index (χ3v) is 3.80. The molecular weight excluding hydrogens is 294 g/mol. The molecule has 1 aliphatic rings. The van der Waals surface area contributed by atoms with Gasteiger partial charge in [-0.15, -0.1) is 11.6 Å². The predicted octanol–water partition coefficient (Wildman–Crippen LogP) is 2.22. The van der Waals surface area contributed by atoms with E-state index in [4.69, 9.17) is 21.1 Å². The van der Waals surface area contributed by atoms with E-state index < -0.39 is 12.1 Å². The predicted molar refractivity (Wildman–Crippen MR) is 78.3 cm³/mol. The van der Waals surface area contributed by atoms with Crippen LogP contribution in [0, 0.1) is 0 Å². The number of carbonyl (C=O) groups excluding carboxylic acids is 2. The van der Waals surface area contributed by atoms with Crippen LogP contribution < -0.4 is 0 Å². The molecule has 2 atom stereocenters. The molecule has 0 saturated carbocycles. The Balaban J connectivity index is 1.97. The van der Waals surface area contributed by atoms with E-state index in [1.807, 2.05) is 30.3 Å². The molecule has 0 bridgehead atoms. The molecule has 1 fully saturated rings. The van der Waals surface area contributed by atoms with Gasteiger partial charge in [0, 0.05) is 13.5 Å². The lowest BCUT2D eigenvalue weighted by Gasteiger charge is -2.22. The minimum atomic E-state index is -0.560. The first-order chi connectivity index (χ1) is 10.2. The smallest absolute Gasteiger partial charge is 0.410 e. The monoisotopic (exact) mass is 311 g/mol. The van der Waals surface area contributed by atoms with E-state index in [0.717, 1.165) is 5.56 Å². The third kappa shape index (κ3) is 3.95. The summed E-state index contributed by atoms with van der Waals surface area (Å²) in [6.07, 6.45) is -0.212. The Morgan fingerprint density at radius 3 is 2.67 bits per heavy atom. The molecule has 1 aliphatic heterocycles. The Morgan fingerprint density at radius 1 is 1.33 bits per heavy atom. The quantitative estimate of drug-likeness (QED) is 0.782. The topological polar surface area (TPSA) is 55.8 Å². The van der Waals surface area contributed by atoms with Crippen LogP contribution in [0.2, 0.25) is 0 Å². The van der Waals surface area contributed by atoms with Crippen LogP contribution in [-0.4, -0.2) is 48.5 Å². The fourth-order valence-corrected chi connectivity index (χ4v) is 2.54. The highest BCUT2D eigenvalue weighted by molar-refractivity contribution is 6.28. The van der Waals surface area contributed by atoms with Crippen LogP contribution in [0.5, 0.6) is 0 Å². The van der Waals surface area contributed by atoms with Gasteiger partial charge in [-0.3, -0.25) is 9.69 Å². The number of ketones is 1. The maximum atomic E-state index is 12.2. The lowest BCUT2D eigenvalue weighted by atomic mass is 10.1. The number of nitrogens with zero attached hydrogens (tertiary/aromatic N) is 1. The van der Waals surface area contributed by atoms with Crippen LogP contribution in [0.1, 0.15) is 12.0 Å². The second-order valence-electron chi connectivity index (χ2n) is 4.90. The Morgan fingerprint density at radius 2 is 2.05 bits per heavy atom. The van der Waals surface area contributed by atoms with Crippen LogP contribution in [0.3, 0.4) is 0 Å². The van der Waals surface area contributed by atoms with E-state index in [1.54, 1.807) is 7.11 Å². The van der Waals surface area contributed by atoms with E-state index in [-0.39, 0.29) is 24.4 Å². The SMILES string of the molecule is COC1CC(C(=O)CCl)N(C(=O)OCc2ccccc2)C1. The zero-order chi connectivity index (χ0) is 15.2. The fraction of sp³-hybridized carbons (Fsp3) is 0.467. The molecule has 1 saturated heterocycles. The van der Waals surface area contributed by atoms with E-state index in [2.05, 4.69) is 0 Å². The number of benzene rings is 1. The van der Waals surface area contributed by atoms with Gasteiger partial charge in [-0.05, 0) is 5.56 Å². The van der Waals surface area contributed by atoms with Crippen molar-refractivity contribution in [2.45, 2.75) is 25.2 Å². The molecule has 1 heterocycles. The molecule has 0 radical (unpaired) electrons. The zero-order valence-corrected chi connectivity index (χ0v) is 12.6. The lowest BCUT2D eigenvalue weighted by Crippen LogP contribution is -2.41. The minimum Gasteiger partial charge on any atom is -0.445 e. The molecule has 1 aromatic carbocycles. The standard InChI is InChI=1S/C15H18ClNO4/c1-20-12-7-13(14(18)8-16)17(9-12)15(19)21-10-11-5-3-2-4-6-11/h2-6,12-13H,7-10H2,1H3. The first-order valence-electron chi connectivity index (χ1n) is 6.74.